The summed E-state index contributed by atoms with van der Waals surface area (Å²) >= 11 is 0. The second-order valence-corrected chi connectivity index (χ2v) is 8.24. The molecule has 0 spiro atoms. The quantitative estimate of drug-likeness (QED) is 0.480. The van der Waals surface area contributed by atoms with Gasteiger partial charge in [-0.3, -0.25) is 4.79 Å². The summed E-state index contributed by atoms with van der Waals surface area (Å²) in [6.45, 7) is 1.32. The first-order valence-electron chi connectivity index (χ1n) is 11.5. The zero-order chi connectivity index (χ0) is 23.0. The Morgan fingerprint density at radius 2 is 1.45 bits per heavy atom. The highest BCUT2D eigenvalue weighted by Gasteiger charge is 2.27. The molecule has 5 heteroatoms. The third-order valence-corrected chi connectivity index (χ3v) is 6.17. The molecular formula is C28H31NO4. The average molecular weight is 446 g/mol. The Balaban J connectivity index is 1.38. The van der Waals surface area contributed by atoms with Crippen LogP contribution in [0.1, 0.15) is 34.3 Å². The van der Waals surface area contributed by atoms with E-state index in [2.05, 4.69) is 30.3 Å². The summed E-state index contributed by atoms with van der Waals surface area (Å²) in [4.78, 5) is 15.3. The summed E-state index contributed by atoms with van der Waals surface area (Å²) in [6, 6.07) is 24.0. The molecule has 1 heterocycles. The van der Waals surface area contributed by atoms with Crippen molar-refractivity contribution in [1.29, 1.82) is 0 Å². The predicted octanol–water partition coefficient (Wildman–Crippen LogP) is 5.17. The normalized spacial score (nSPS) is 14.1. The maximum atomic E-state index is 13.3. The van der Waals surface area contributed by atoms with Gasteiger partial charge in [0.1, 0.15) is 6.10 Å². The minimum absolute atomic E-state index is 0.00701. The van der Waals surface area contributed by atoms with Crippen molar-refractivity contribution < 1.29 is 19.0 Å². The highest BCUT2D eigenvalue weighted by atomic mass is 16.5. The Morgan fingerprint density at radius 3 is 2.12 bits per heavy atom. The van der Waals surface area contributed by atoms with Crippen LogP contribution >= 0.6 is 0 Å². The van der Waals surface area contributed by atoms with Crippen molar-refractivity contribution in [1.82, 2.24) is 4.90 Å². The predicted molar refractivity (Wildman–Crippen MR) is 129 cm³/mol. The van der Waals surface area contributed by atoms with Crippen LogP contribution < -0.4 is 14.2 Å². The van der Waals surface area contributed by atoms with Crippen LogP contribution in [-0.4, -0.2) is 44.2 Å². The standard InChI is InChI=1S/C28H31NO4/c1-31-25-13-8-14-26(32-2)27(25)33-23-17-19-29(20-18-23)28(30)24-12-7-6-11-22(24)16-15-21-9-4-3-5-10-21/h3-14,23H,15-20H2,1-2H3. The number of aryl methyl sites for hydroxylation is 2. The number of methoxy groups -OCH3 is 2. The molecule has 0 bridgehead atoms. The van der Waals surface area contributed by atoms with Gasteiger partial charge in [-0.1, -0.05) is 54.6 Å². The van der Waals surface area contributed by atoms with Crippen molar-refractivity contribution in [3.05, 3.63) is 89.5 Å². The maximum Gasteiger partial charge on any atom is 0.254 e. The Morgan fingerprint density at radius 1 is 0.818 bits per heavy atom. The number of hydrogen-bond donors (Lipinski definition) is 0. The molecule has 0 aliphatic carbocycles. The Hall–Kier alpha value is -3.47. The summed E-state index contributed by atoms with van der Waals surface area (Å²) in [7, 11) is 3.25. The zero-order valence-corrected chi connectivity index (χ0v) is 19.3. The fourth-order valence-corrected chi connectivity index (χ4v) is 4.32. The molecule has 4 rings (SSSR count). The van der Waals surface area contributed by atoms with Gasteiger partial charge in [0.25, 0.3) is 5.91 Å². The minimum atomic E-state index is 0.00701. The fourth-order valence-electron chi connectivity index (χ4n) is 4.32. The van der Waals surface area contributed by atoms with E-state index >= 15 is 0 Å². The van der Waals surface area contributed by atoms with Gasteiger partial charge in [0.05, 0.1) is 14.2 Å². The molecular weight excluding hydrogens is 414 g/mol. The van der Waals surface area contributed by atoms with E-state index in [1.165, 1.54) is 5.56 Å². The molecule has 0 saturated carbocycles. The van der Waals surface area contributed by atoms with Gasteiger partial charge in [-0.25, -0.2) is 0 Å². The molecule has 3 aromatic carbocycles. The van der Waals surface area contributed by atoms with Gasteiger partial charge in [-0.2, -0.15) is 0 Å². The van der Waals surface area contributed by atoms with E-state index < -0.39 is 0 Å². The van der Waals surface area contributed by atoms with Crippen LogP contribution in [0.15, 0.2) is 72.8 Å². The highest BCUT2D eigenvalue weighted by molar-refractivity contribution is 5.95. The molecule has 1 aliphatic rings. The lowest BCUT2D eigenvalue weighted by Crippen LogP contribution is -2.42. The molecule has 1 aliphatic heterocycles. The molecule has 1 saturated heterocycles. The van der Waals surface area contributed by atoms with Crippen LogP contribution in [0.5, 0.6) is 17.2 Å². The molecule has 3 aromatic rings. The number of hydrogen-bond acceptors (Lipinski definition) is 4. The summed E-state index contributed by atoms with van der Waals surface area (Å²) < 4.78 is 17.1. The fraction of sp³-hybridized carbons (Fsp3) is 0.321. The van der Waals surface area contributed by atoms with Gasteiger partial charge in [0.15, 0.2) is 11.5 Å². The smallest absolute Gasteiger partial charge is 0.254 e. The van der Waals surface area contributed by atoms with E-state index in [0.717, 1.165) is 36.8 Å². The van der Waals surface area contributed by atoms with Gasteiger partial charge in [-0.15, -0.1) is 0 Å². The summed E-state index contributed by atoms with van der Waals surface area (Å²) in [5, 5.41) is 0. The number of rotatable bonds is 8. The molecule has 33 heavy (non-hydrogen) atoms. The molecule has 0 unspecified atom stereocenters. The van der Waals surface area contributed by atoms with Crippen LogP contribution in [0.3, 0.4) is 0 Å². The SMILES string of the molecule is COc1cccc(OC)c1OC1CCN(C(=O)c2ccccc2CCc2ccccc2)CC1. The third-order valence-electron chi connectivity index (χ3n) is 6.17. The van der Waals surface area contributed by atoms with E-state index in [1.807, 2.05) is 47.4 Å². The van der Waals surface area contributed by atoms with Crippen molar-refractivity contribution in [2.75, 3.05) is 27.3 Å². The lowest BCUT2D eigenvalue weighted by atomic mass is 9.98. The molecule has 1 fully saturated rings. The van der Waals surface area contributed by atoms with Gasteiger partial charge >= 0.3 is 0 Å². The van der Waals surface area contributed by atoms with E-state index in [9.17, 15) is 4.79 Å². The number of benzene rings is 3. The largest absolute Gasteiger partial charge is 0.493 e. The van der Waals surface area contributed by atoms with Crippen molar-refractivity contribution in [3.63, 3.8) is 0 Å². The molecule has 0 aromatic heterocycles. The first kappa shape index (κ1) is 22.7. The Kier molecular flexibility index (Phi) is 7.51. The monoisotopic (exact) mass is 445 g/mol. The Bertz CT molecular complexity index is 1040. The number of piperidine rings is 1. The minimum Gasteiger partial charge on any atom is -0.493 e. The van der Waals surface area contributed by atoms with E-state index in [-0.39, 0.29) is 12.0 Å². The summed E-state index contributed by atoms with van der Waals surface area (Å²) in [5.74, 6) is 2.03. The molecule has 0 radical (unpaired) electrons. The second-order valence-electron chi connectivity index (χ2n) is 8.24. The van der Waals surface area contributed by atoms with Crippen molar-refractivity contribution >= 4 is 5.91 Å². The Labute approximate surface area is 195 Å². The van der Waals surface area contributed by atoms with E-state index in [1.54, 1.807) is 14.2 Å². The van der Waals surface area contributed by atoms with Gasteiger partial charge in [-0.05, 0) is 42.2 Å². The average Bonchev–Trinajstić information content (AvgIpc) is 2.88. The molecule has 5 nitrogen and oxygen atoms in total. The third kappa shape index (κ3) is 5.48. The number of carbonyl (C=O) groups excluding carboxylic acids is 1. The van der Waals surface area contributed by atoms with Crippen LogP contribution in [0.2, 0.25) is 0 Å². The lowest BCUT2D eigenvalue weighted by Gasteiger charge is -2.33. The lowest BCUT2D eigenvalue weighted by molar-refractivity contribution is 0.0584. The topological polar surface area (TPSA) is 48.0 Å². The number of para-hydroxylation sites is 1. The second kappa shape index (κ2) is 10.9. The van der Waals surface area contributed by atoms with Gasteiger partial charge < -0.3 is 19.1 Å². The van der Waals surface area contributed by atoms with Crippen LogP contribution in [0.4, 0.5) is 0 Å². The molecule has 1 amide bonds. The summed E-state index contributed by atoms with van der Waals surface area (Å²) in [6.07, 6.45) is 3.30. The number of nitrogens with zero attached hydrogens (tertiary/aromatic N) is 1. The van der Waals surface area contributed by atoms with Gasteiger partial charge in [0.2, 0.25) is 5.75 Å². The number of carbonyl (C=O) groups is 1. The van der Waals surface area contributed by atoms with Crippen LogP contribution in [0, 0.1) is 0 Å². The van der Waals surface area contributed by atoms with E-state index in [4.69, 9.17) is 14.2 Å². The van der Waals surface area contributed by atoms with Crippen LogP contribution in [0.25, 0.3) is 0 Å². The van der Waals surface area contributed by atoms with Crippen LogP contribution in [-0.2, 0) is 12.8 Å². The highest BCUT2D eigenvalue weighted by Crippen LogP contribution is 2.38. The first-order chi connectivity index (χ1) is 16.2. The zero-order valence-electron chi connectivity index (χ0n) is 19.3. The van der Waals surface area contributed by atoms with Crippen molar-refractivity contribution in [2.45, 2.75) is 31.8 Å². The number of likely N-dealkylation sites (tertiary alicyclic amines) is 1. The van der Waals surface area contributed by atoms with Gasteiger partial charge in [0, 0.05) is 31.5 Å². The molecule has 0 N–H and O–H groups in total. The van der Waals surface area contributed by atoms with E-state index in [0.29, 0.717) is 30.3 Å². The van der Waals surface area contributed by atoms with Crippen molar-refractivity contribution in [2.24, 2.45) is 0 Å². The number of ether oxygens (including phenoxy) is 3. The van der Waals surface area contributed by atoms with Crippen molar-refractivity contribution in [3.8, 4) is 17.2 Å². The first-order valence-corrected chi connectivity index (χ1v) is 11.5. The molecule has 172 valence electrons. The molecule has 0 atom stereocenters. The summed E-state index contributed by atoms with van der Waals surface area (Å²) in [5.41, 5.74) is 3.19. The maximum absolute atomic E-state index is 13.3. The number of amides is 1.